The highest BCUT2D eigenvalue weighted by Crippen LogP contribution is 2.55. The Morgan fingerprint density at radius 2 is 1.60 bits per heavy atom. The highest BCUT2D eigenvalue weighted by atomic mass is 19.4. The molecule has 30 heavy (non-hydrogen) atoms. The van der Waals surface area contributed by atoms with Crippen molar-refractivity contribution >= 4 is 5.91 Å². The normalized spacial score (nSPS) is 31.1. The van der Waals surface area contributed by atoms with E-state index in [4.69, 9.17) is 0 Å². The van der Waals surface area contributed by atoms with Gasteiger partial charge in [0, 0.05) is 17.9 Å². The molecule has 0 heterocycles. The van der Waals surface area contributed by atoms with Crippen molar-refractivity contribution in [1.29, 1.82) is 0 Å². The summed E-state index contributed by atoms with van der Waals surface area (Å²) in [5, 5.41) is 2.65. The molecule has 1 aromatic rings. The maximum absolute atomic E-state index is 14.4. The maximum atomic E-state index is 14.4. The van der Waals surface area contributed by atoms with Crippen molar-refractivity contribution in [2.45, 2.75) is 68.3 Å². The lowest BCUT2D eigenvalue weighted by Crippen LogP contribution is -2.50. The minimum atomic E-state index is -6.15. The minimum absolute atomic E-state index is 0.125. The molecule has 3 aliphatic rings. The number of fused-ring (bicyclic) bond motifs is 3. The maximum Gasteiger partial charge on any atom is 0.435 e. The zero-order valence-electron chi connectivity index (χ0n) is 15.6. The fraction of sp³-hybridized carbons (Fsp3) is 0.650. The van der Waals surface area contributed by atoms with Crippen molar-refractivity contribution in [3.63, 3.8) is 0 Å². The van der Waals surface area contributed by atoms with Crippen LogP contribution in [0.2, 0.25) is 0 Å². The zero-order valence-corrected chi connectivity index (χ0v) is 15.6. The summed E-state index contributed by atoms with van der Waals surface area (Å²) in [5.41, 5.74) is -6.12. The zero-order chi connectivity index (χ0) is 22.1. The highest BCUT2D eigenvalue weighted by Gasteiger charge is 2.73. The van der Waals surface area contributed by atoms with Gasteiger partial charge in [0.1, 0.15) is 6.17 Å². The van der Waals surface area contributed by atoms with E-state index in [-0.39, 0.29) is 42.1 Å². The van der Waals surface area contributed by atoms with Crippen molar-refractivity contribution in [1.82, 2.24) is 5.32 Å². The van der Waals surface area contributed by atoms with Crippen molar-refractivity contribution in [2.75, 3.05) is 0 Å². The molecule has 0 aliphatic heterocycles. The molecule has 0 aromatic heterocycles. The molecule has 2 saturated carbocycles. The first kappa shape index (κ1) is 21.4. The average Bonchev–Trinajstić information content (AvgIpc) is 3.16. The van der Waals surface area contributed by atoms with E-state index >= 15 is 0 Å². The summed E-state index contributed by atoms with van der Waals surface area (Å²) >= 11 is 0. The third-order valence-corrected chi connectivity index (χ3v) is 6.67. The van der Waals surface area contributed by atoms with Crippen LogP contribution >= 0.6 is 0 Å². The standard InChI is InChI=1S/C20H19F8NO/c21-15-8-16(15)29-17(30)14-6-5-12-11-4-2-10(7-9(11)1-3-13(12)14)18(22,19(23,24)25)20(26,27)28/h2,4,7,12-16H,1,3,5-6,8H2,(H,29,30)/t12?,13?,14-,15?,16?/m1/s1. The van der Waals surface area contributed by atoms with Crippen LogP contribution in [0.1, 0.15) is 48.3 Å². The average molecular weight is 441 g/mol. The Kier molecular flexibility index (Phi) is 4.85. The Morgan fingerprint density at radius 3 is 2.17 bits per heavy atom. The Labute approximate surface area is 167 Å². The molecule has 166 valence electrons. The van der Waals surface area contributed by atoms with Crippen LogP contribution in [0.5, 0.6) is 0 Å². The molecule has 0 saturated heterocycles. The molecule has 4 rings (SSSR count). The summed E-state index contributed by atoms with van der Waals surface area (Å²) in [6, 6.07) is 1.87. The second kappa shape index (κ2) is 6.82. The van der Waals surface area contributed by atoms with E-state index in [0.717, 1.165) is 6.07 Å². The molecule has 0 bridgehead atoms. The summed E-state index contributed by atoms with van der Waals surface area (Å²) in [7, 11) is 0. The lowest BCUT2D eigenvalue weighted by atomic mass is 9.73. The van der Waals surface area contributed by atoms with Crippen molar-refractivity contribution in [3.05, 3.63) is 34.9 Å². The lowest BCUT2D eigenvalue weighted by molar-refractivity contribution is -0.348. The monoisotopic (exact) mass is 441 g/mol. The molecule has 0 radical (unpaired) electrons. The second-order valence-corrected chi connectivity index (χ2v) is 8.43. The van der Waals surface area contributed by atoms with Crippen LogP contribution < -0.4 is 5.32 Å². The first-order chi connectivity index (χ1) is 13.8. The molecule has 0 spiro atoms. The Bertz CT molecular complexity index is 834. The predicted molar refractivity (Wildman–Crippen MR) is 90.1 cm³/mol. The van der Waals surface area contributed by atoms with Crippen molar-refractivity contribution in [3.8, 4) is 0 Å². The Morgan fingerprint density at radius 1 is 0.967 bits per heavy atom. The van der Waals surface area contributed by atoms with Crippen molar-refractivity contribution < 1.29 is 39.9 Å². The number of hydrogen-bond acceptors (Lipinski definition) is 1. The summed E-state index contributed by atoms with van der Waals surface area (Å²) in [6.07, 6.45) is -11.5. The SMILES string of the molecule is O=C(NC1CC1F)[C@@H]1CCC2c3ccc(C(F)(C(F)(F)F)C(F)(F)F)cc3CCC21. The van der Waals surface area contributed by atoms with E-state index in [2.05, 4.69) is 5.32 Å². The summed E-state index contributed by atoms with van der Waals surface area (Å²) in [4.78, 5) is 12.4. The summed E-state index contributed by atoms with van der Waals surface area (Å²) < 4.78 is 106. The molecule has 1 N–H and O–H groups in total. The quantitative estimate of drug-likeness (QED) is 0.638. The molecule has 3 aliphatic carbocycles. The predicted octanol–water partition coefficient (Wildman–Crippen LogP) is 5.26. The van der Waals surface area contributed by atoms with Crippen LogP contribution in [0.15, 0.2) is 18.2 Å². The van der Waals surface area contributed by atoms with Gasteiger partial charge in [0.15, 0.2) is 0 Å². The number of carbonyl (C=O) groups is 1. The smallest absolute Gasteiger partial charge is 0.350 e. The molecule has 10 heteroatoms. The van der Waals surface area contributed by atoms with Gasteiger partial charge < -0.3 is 5.32 Å². The number of amides is 1. The van der Waals surface area contributed by atoms with Gasteiger partial charge in [-0.2, -0.15) is 26.3 Å². The molecular weight excluding hydrogens is 422 g/mol. The van der Waals surface area contributed by atoms with Crippen LogP contribution in [0.25, 0.3) is 0 Å². The van der Waals surface area contributed by atoms with Gasteiger partial charge in [-0.05, 0) is 48.6 Å². The van der Waals surface area contributed by atoms with Crippen LogP contribution in [-0.4, -0.2) is 30.5 Å². The molecule has 5 atom stereocenters. The molecule has 4 unspecified atom stereocenters. The van der Waals surface area contributed by atoms with E-state index in [1.54, 1.807) is 0 Å². The van der Waals surface area contributed by atoms with E-state index < -0.39 is 35.8 Å². The third kappa shape index (κ3) is 3.26. The van der Waals surface area contributed by atoms with Gasteiger partial charge in [-0.25, -0.2) is 8.78 Å². The molecule has 1 amide bonds. The number of halogens is 8. The summed E-state index contributed by atoms with van der Waals surface area (Å²) in [5.74, 6) is -0.962. The molecule has 2 nitrogen and oxygen atoms in total. The fourth-order valence-corrected chi connectivity index (χ4v) is 4.99. The van der Waals surface area contributed by atoms with Gasteiger partial charge in [0.25, 0.3) is 0 Å². The van der Waals surface area contributed by atoms with Gasteiger partial charge in [0.2, 0.25) is 5.91 Å². The van der Waals surface area contributed by atoms with E-state index in [0.29, 0.717) is 37.0 Å². The van der Waals surface area contributed by atoms with E-state index in [1.165, 1.54) is 0 Å². The first-order valence-corrected chi connectivity index (χ1v) is 9.74. The molecular formula is C20H19F8NO. The number of carbonyl (C=O) groups excluding carboxylic acids is 1. The van der Waals surface area contributed by atoms with E-state index in [9.17, 15) is 39.9 Å². The highest BCUT2D eigenvalue weighted by molar-refractivity contribution is 5.80. The van der Waals surface area contributed by atoms with Crippen LogP contribution in [0.4, 0.5) is 35.1 Å². The van der Waals surface area contributed by atoms with Crippen LogP contribution in [0, 0.1) is 11.8 Å². The van der Waals surface area contributed by atoms with Gasteiger partial charge in [0.05, 0.1) is 6.04 Å². The third-order valence-electron chi connectivity index (χ3n) is 6.67. The van der Waals surface area contributed by atoms with E-state index in [1.807, 2.05) is 0 Å². The number of rotatable bonds is 3. The largest absolute Gasteiger partial charge is 0.435 e. The number of aryl methyl sites for hydroxylation is 1. The van der Waals surface area contributed by atoms with Gasteiger partial charge in [-0.3, -0.25) is 4.79 Å². The Hall–Kier alpha value is -1.87. The Balaban J connectivity index is 1.60. The summed E-state index contributed by atoms with van der Waals surface area (Å²) in [6.45, 7) is 0. The first-order valence-electron chi connectivity index (χ1n) is 9.74. The second-order valence-electron chi connectivity index (χ2n) is 8.43. The fourth-order valence-electron chi connectivity index (χ4n) is 4.99. The van der Waals surface area contributed by atoms with Crippen LogP contribution in [-0.2, 0) is 16.9 Å². The number of alkyl halides is 8. The molecule has 1 aromatic carbocycles. The minimum Gasteiger partial charge on any atom is -0.350 e. The number of benzene rings is 1. The number of hydrogen-bond donors (Lipinski definition) is 1. The number of nitrogens with one attached hydrogen (secondary N) is 1. The van der Waals surface area contributed by atoms with Gasteiger partial charge in [-0.1, -0.05) is 18.2 Å². The topological polar surface area (TPSA) is 29.1 Å². The van der Waals surface area contributed by atoms with Gasteiger partial charge in [-0.15, -0.1) is 0 Å². The lowest BCUT2D eigenvalue weighted by Gasteiger charge is -2.34. The van der Waals surface area contributed by atoms with Crippen LogP contribution in [0.3, 0.4) is 0 Å². The molecule has 2 fully saturated rings. The van der Waals surface area contributed by atoms with Crippen molar-refractivity contribution in [2.24, 2.45) is 11.8 Å². The van der Waals surface area contributed by atoms with Gasteiger partial charge >= 0.3 is 18.0 Å².